The Morgan fingerprint density at radius 2 is 2.23 bits per heavy atom. The number of aryl methyl sites for hydroxylation is 1. The van der Waals surface area contributed by atoms with Gasteiger partial charge in [0.1, 0.15) is 5.82 Å². The molecule has 1 aliphatic heterocycles. The van der Waals surface area contributed by atoms with E-state index in [0.717, 1.165) is 12.8 Å². The highest BCUT2D eigenvalue weighted by molar-refractivity contribution is 5.78. The van der Waals surface area contributed by atoms with Gasteiger partial charge in [-0.25, -0.2) is 9.37 Å². The lowest BCUT2D eigenvalue weighted by molar-refractivity contribution is -0.132. The number of nitrogens with one attached hydrogen (secondary N) is 1. The van der Waals surface area contributed by atoms with E-state index in [9.17, 15) is 14.0 Å². The highest BCUT2D eigenvalue weighted by Gasteiger charge is 2.25. The first-order chi connectivity index (χ1) is 12.5. The third kappa shape index (κ3) is 4.47. The van der Waals surface area contributed by atoms with Crippen LogP contribution in [0.15, 0.2) is 35.3 Å². The molecule has 1 amide bonds. The maximum Gasteiger partial charge on any atom is 0.254 e. The Labute approximate surface area is 151 Å². The highest BCUT2D eigenvalue weighted by Crippen LogP contribution is 2.21. The molecule has 0 aliphatic carbocycles. The van der Waals surface area contributed by atoms with Crippen LogP contribution in [0.3, 0.4) is 0 Å². The molecular formula is C19H22FN3O3. The van der Waals surface area contributed by atoms with Crippen molar-refractivity contribution in [1.82, 2.24) is 14.9 Å². The zero-order valence-corrected chi connectivity index (χ0v) is 14.7. The molecule has 6 nitrogen and oxygen atoms in total. The number of benzene rings is 1. The molecule has 3 rings (SSSR count). The lowest BCUT2D eigenvalue weighted by Crippen LogP contribution is -2.42. The van der Waals surface area contributed by atoms with Crippen LogP contribution >= 0.6 is 0 Å². The molecule has 1 atom stereocenters. The van der Waals surface area contributed by atoms with E-state index in [4.69, 9.17) is 4.74 Å². The molecule has 0 saturated carbocycles. The van der Waals surface area contributed by atoms with E-state index in [1.54, 1.807) is 30.0 Å². The minimum Gasteiger partial charge on any atom is -0.490 e. The first-order valence-corrected chi connectivity index (χ1v) is 8.73. The number of hydrogen-bond donors (Lipinski definition) is 1. The molecule has 1 saturated heterocycles. The van der Waals surface area contributed by atoms with E-state index in [1.165, 1.54) is 12.3 Å². The molecule has 0 spiro atoms. The molecule has 1 fully saturated rings. The van der Waals surface area contributed by atoms with Gasteiger partial charge in [0.15, 0.2) is 11.6 Å². The molecule has 1 aromatic heterocycles. The van der Waals surface area contributed by atoms with E-state index >= 15 is 0 Å². The van der Waals surface area contributed by atoms with Crippen molar-refractivity contribution in [1.29, 1.82) is 0 Å². The molecule has 1 aliphatic rings. The molecule has 138 valence electrons. The van der Waals surface area contributed by atoms with Gasteiger partial charge >= 0.3 is 0 Å². The zero-order chi connectivity index (χ0) is 18.5. The largest absolute Gasteiger partial charge is 0.490 e. The second-order valence-corrected chi connectivity index (χ2v) is 6.59. The predicted octanol–water partition coefficient (Wildman–Crippen LogP) is 2.08. The number of halogens is 1. The van der Waals surface area contributed by atoms with Crippen LogP contribution in [0.4, 0.5) is 4.39 Å². The molecule has 2 heterocycles. The normalized spacial score (nSPS) is 17.2. The van der Waals surface area contributed by atoms with Gasteiger partial charge in [-0.15, -0.1) is 0 Å². The van der Waals surface area contributed by atoms with Crippen LogP contribution in [0, 0.1) is 18.7 Å². The lowest BCUT2D eigenvalue weighted by atomic mass is 9.98. The van der Waals surface area contributed by atoms with Crippen LogP contribution in [-0.4, -0.2) is 40.5 Å². The minimum atomic E-state index is -0.387. The number of para-hydroxylation sites is 1. The summed E-state index contributed by atoms with van der Waals surface area (Å²) >= 11 is 0. The minimum absolute atomic E-state index is 0.0313. The summed E-state index contributed by atoms with van der Waals surface area (Å²) in [6, 6.07) is 6.30. The maximum atomic E-state index is 13.6. The van der Waals surface area contributed by atoms with E-state index in [1.807, 2.05) is 0 Å². The van der Waals surface area contributed by atoms with E-state index < -0.39 is 0 Å². The number of hydrogen-bond acceptors (Lipinski definition) is 4. The van der Waals surface area contributed by atoms with Crippen LogP contribution < -0.4 is 10.3 Å². The van der Waals surface area contributed by atoms with Crippen molar-refractivity contribution >= 4 is 5.91 Å². The molecule has 0 radical (unpaired) electrons. The first-order valence-electron chi connectivity index (χ1n) is 8.73. The van der Waals surface area contributed by atoms with Crippen molar-refractivity contribution in [2.24, 2.45) is 5.92 Å². The summed E-state index contributed by atoms with van der Waals surface area (Å²) in [6.07, 6.45) is 3.27. The van der Waals surface area contributed by atoms with Gasteiger partial charge in [0.2, 0.25) is 5.91 Å². The lowest BCUT2D eigenvalue weighted by Gasteiger charge is -2.32. The summed E-state index contributed by atoms with van der Waals surface area (Å²) in [6.45, 7) is 3.26. The predicted molar refractivity (Wildman–Crippen MR) is 94.5 cm³/mol. The summed E-state index contributed by atoms with van der Waals surface area (Å²) in [7, 11) is 0. The van der Waals surface area contributed by atoms with Crippen molar-refractivity contribution in [2.75, 3.05) is 19.7 Å². The topological polar surface area (TPSA) is 75.3 Å². The smallest absolute Gasteiger partial charge is 0.254 e. The molecular weight excluding hydrogens is 337 g/mol. The number of likely N-dealkylation sites (tertiary alicyclic amines) is 1. The highest BCUT2D eigenvalue weighted by atomic mass is 19.1. The zero-order valence-electron chi connectivity index (χ0n) is 14.7. The van der Waals surface area contributed by atoms with Crippen molar-refractivity contribution < 1.29 is 13.9 Å². The van der Waals surface area contributed by atoms with Gasteiger partial charge in [0.25, 0.3) is 5.56 Å². The summed E-state index contributed by atoms with van der Waals surface area (Å²) in [5, 5.41) is 0. The maximum absolute atomic E-state index is 13.6. The Bertz CT molecular complexity index is 837. The van der Waals surface area contributed by atoms with E-state index in [2.05, 4.69) is 9.97 Å². The number of carbonyl (C=O) groups is 1. The van der Waals surface area contributed by atoms with Gasteiger partial charge in [-0.1, -0.05) is 12.1 Å². The number of aromatic nitrogens is 2. The van der Waals surface area contributed by atoms with Gasteiger partial charge in [-0.05, 0) is 31.9 Å². The van der Waals surface area contributed by atoms with Crippen LogP contribution in [0.25, 0.3) is 0 Å². The Morgan fingerprint density at radius 1 is 1.42 bits per heavy atom. The van der Waals surface area contributed by atoms with Crippen molar-refractivity contribution in [3.8, 4) is 5.75 Å². The molecule has 26 heavy (non-hydrogen) atoms. The van der Waals surface area contributed by atoms with Crippen molar-refractivity contribution in [3.63, 3.8) is 0 Å². The number of piperidine rings is 1. The number of carbonyl (C=O) groups excluding carboxylic acids is 1. The Morgan fingerprint density at radius 3 is 3.00 bits per heavy atom. The van der Waals surface area contributed by atoms with Crippen LogP contribution in [0.1, 0.15) is 24.2 Å². The van der Waals surface area contributed by atoms with Gasteiger partial charge < -0.3 is 14.6 Å². The number of nitrogens with zero attached hydrogens (tertiary/aromatic N) is 2. The molecule has 0 unspecified atom stereocenters. The number of H-pyrrole nitrogens is 1. The average molecular weight is 359 g/mol. The number of rotatable bonds is 5. The second kappa shape index (κ2) is 8.12. The van der Waals surface area contributed by atoms with Gasteiger partial charge in [0.05, 0.1) is 13.0 Å². The van der Waals surface area contributed by atoms with Crippen LogP contribution in [0.2, 0.25) is 0 Å². The quantitative estimate of drug-likeness (QED) is 0.887. The Hall–Kier alpha value is -2.70. The fourth-order valence-corrected chi connectivity index (χ4v) is 3.11. The van der Waals surface area contributed by atoms with Crippen molar-refractivity contribution in [3.05, 3.63) is 58.0 Å². The molecule has 2 aromatic rings. The third-order valence-electron chi connectivity index (χ3n) is 4.52. The summed E-state index contributed by atoms with van der Waals surface area (Å²) in [5.41, 5.74) is 0.0904. The standard InChI is InChI=1S/C19H22FN3O3/c1-13-21-10-15(19(25)22-13)9-18(24)23-8-4-5-14(11-23)12-26-17-7-3-2-6-16(17)20/h2-3,6-7,10,14H,4-5,8-9,11-12H2,1H3,(H,21,22,25)/t14-/m0/s1. The molecule has 0 bridgehead atoms. The second-order valence-electron chi connectivity index (χ2n) is 6.59. The molecule has 7 heteroatoms. The SMILES string of the molecule is Cc1ncc(CC(=O)N2CCC[C@H](COc3ccccc3F)C2)c(=O)[nH]1. The number of ether oxygens (including phenoxy) is 1. The van der Waals surface area contributed by atoms with Crippen molar-refractivity contribution in [2.45, 2.75) is 26.2 Å². The summed E-state index contributed by atoms with van der Waals surface area (Å²) < 4.78 is 19.2. The fraction of sp³-hybridized carbons (Fsp3) is 0.421. The van der Waals surface area contributed by atoms with Gasteiger partial charge in [0, 0.05) is 30.8 Å². The summed E-state index contributed by atoms with van der Waals surface area (Å²) in [5.74, 6) is 0.406. The van der Waals surface area contributed by atoms with E-state index in [-0.39, 0.29) is 35.4 Å². The average Bonchev–Trinajstić information content (AvgIpc) is 2.63. The van der Waals surface area contributed by atoms with Gasteiger partial charge in [-0.2, -0.15) is 0 Å². The fourth-order valence-electron chi connectivity index (χ4n) is 3.11. The monoisotopic (exact) mass is 359 g/mol. The van der Waals surface area contributed by atoms with Crippen LogP contribution in [0.5, 0.6) is 5.75 Å². The molecule has 1 aromatic carbocycles. The summed E-state index contributed by atoms with van der Waals surface area (Å²) in [4.78, 5) is 32.8. The van der Waals surface area contributed by atoms with Gasteiger partial charge in [-0.3, -0.25) is 9.59 Å². The van der Waals surface area contributed by atoms with Crippen LogP contribution in [-0.2, 0) is 11.2 Å². The molecule has 1 N–H and O–H groups in total. The Kier molecular flexibility index (Phi) is 5.65. The van der Waals surface area contributed by atoms with E-state index in [0.29, 0.717) is 31.1 Å². The number of aromatic amines is 1. The first kappa shape index (κ1) is 18.1. The number of amides is 1. The Balaban J connectivity index is 1.56. The third-order valence-corrected chi connectivity index (χ3v) is 4.52.